The van der Waals surface area contributed by atoms with E-state index in [0.717, 1.165) is 28.1 Å². The van der Waals surface area contributed by atoms with Gasteiger partial charge in [0.15, 0.2) is 0 Å². The van der Waals surface area contributed by atoms with E-state index in [1.165, 1.54) is 0 Å². The molecule has 1 atom stereocenters. The number of benzene rings is 2. The molecule has 0 bridgehead atoms. The van der Waals surface area contributed by atoms with Crippen molar-refractivity contribution in [3.05, 3.63) is 71.8 Å². The van der Waals surface area contributed by atoms with Crippen LogP contribution in [-0.2, 0) is 0 Å². The monoisotopic (exact) mass is 257 g/mol. The number of hydrogen-bond acceptors (Lipinski definition) is 1. The maximum Gasteiger partial charge on any atom is 0.0484 e. The lowest BCUT2D eigenvalue weighted by molar-refractivity contribution is 0.744. The first-order valence-electron chi connectivity index (χ1n) is 5.94. The molecule has 0 aromatic heterocycles. The summed E-state index contributed by atoms with van der Waals surface area (Å²) in [6.45, 7) is 3.74. The summed E-state index contributed by atoms with van der Waals surface area (Å²) in [5, 5.41) is 0.746. The van der Waals surface area contributed by atoms with E-state index in [4.69, 9.17) is 17.3 Å². The molecular weight excluding hydrogens is 242 g/mol. The van der Waals surface area contributed by atoms with Crippen molar-refractivity contribution in [1.82, 2.24) is 0 Å². The number of rotatable bonds is 4. The van der Waals surface area contributed by atoms with Gasteiger partial charge in [-0.2, -0.15) is 0 Å². The Kier molecular flexibility index (Phi) is 4.19. The summed E-state index contributed by atoms with van der Waals surface area (Å²) in [5.41, 5.74) is 9.40. The summed E-state index contributed by atoms with van der Waals surface area (Å²) in [6, 6.07) is 15.9. The fourth-order valence-electron chi connectivity index (χ4n) is 2.05. The molecule has 18 heavy (non-hydrogen) atoms. The Balaban J connectivity index is 2.51. The number of hydrogen-bond donors (Lipinski definition) is 1. The highest BCUT2D eigenvalue weighted by atomic mass is 35.5. The van der Waals surface area contributed by atoms with Gasteiger partial charge in [0.1, 0.15) is 0 Å². The van der Waals surface area contributed by atoms with Crippen LogP contribution in [0.2, 0.25) is 5.02 Å². The second kappa shape index (κ2) is 5.85. The summed E-state index contributed by atoms with van der Waals surface area (Å²) < 4.78 is 0. The Morgan fingerprint density at radius 1 is 1.06 bits per heavy atom. The van der Waals surface area contributed by atoms with Gasteiger partial charge in [0.25, 0.3) is 0 Å². The topological polar surface area (TPSA) is 26.0 Å². The molecule has 0 saturated heterocycles. The Morgan fingerprint density at radius 3 is 2.33 bits per heavy atom. The largest absolute Gasteiger partial charge is 0.324 e. The molecule has 2 aromatic rings. The summed E-state index contributed by atoms with van der Waals surface area (Å²) in [6.07, 6.45) is 2.59. The van der Waals surface area contributed by atoms with Crippen molar-refractivity contribution in [1.29, 1.82) is 0 Å². The maximum absolute atomic E-state index is 6.25. The Bertz CT molecular complexity index is 548. The molecule has 1 nitrogen and oxygen atoms in total. The molecule has 0 amide bonds. The minimum Gasteiger partial charge on any atom is -0.324 e. The molecule has 0 aliphatic carbocycles. The molecule has 0 aliphatic rings. The van der Waals surface area contributed by atoms with Gasteiger partial charge in [0.05, 0.1) is 0 Å². The summed E-state index contributed by atoms with van der Waals surface area (Å²) in [5.74, 6) is 0. The van der Waals surface area contributed by atoms with Crippen LogP contribution in [0.5, 0.6) is 0 Å². The van der Waals surface area contributed by atoms with Crippen LogP contribution in [0, 0.1) is 0 Å². The standard InChI is InChI=1S/C16H16ClN/c1-2-7-16(18)14-10-4-3-8-12(14)13-9-5-6-11-15(13)17/h2-6,8-11,16H,1,7,18H2. The van der Waals surface area contributed by atoms with Crippen molar-refractivity contribution in [2.45, 2.75) is 12.5 Å². The van der Waals surface area contributed by atoms with Gasteiger partial charge in [-0.3, -0.25) is 0 Å². The highest BCUT2D eigenvalue weighted by molar-refractivity contribution is 6.33. The van der Waals surface area contributed by atoms with E-state index in [9.17, 15) is 0 Å². The van der Waals surface area contributed by atoms with Crippen molar-refractivity contribution in [3.63, 3.8) is 0 Å². The molecule has 92 valence electrons. The second-order valence-corrected chi connectivity index (χ2v) is 4.61. The lowest BCUT2D eigenvalue weighted by atomic mass is 9.94. The number of halogens is 1. The van der Waals surface area contributed by atoms with E-state index >= 15 is 0 Å². The van der Waals surface area contributed by atoms with Gasteiger partial charge in [-0.15, -0.1) is 6.58 Å². The molecule has 0 aliphatic heterocycles. The van der Waals surface area contributed by atoms with E-state index in [1.54, 1.807) is 0 Å². The smallest absolute Gasteiger partial charge is 0.0484 e. The van der Waals surface area contributed by atoms with Crippen molar-refractivity contribution in [2.75, 3.05) is 0 Å². The minimum atomic E-state index is -0.0463. The average Bonchev–Trinajstić information content (AvgIpc) is 2.40. The lowest BCUT2D eigenvalue weighted by Crippen LogP contribution is -2.10. The Morgan fingerprint density at radius 2 is 1.67 bits per heavy atom. The van der Waals surface area contributed by atoms with Crippen molar-refractivity contribution in [3.8, 4) is 11.1 Å². The van der Waals surface area contributed by atoms with Crippen LogP contribution < -0.4 is 5.73 Å². The highest BCUT2D eigenvalue weighted by Gasteiger charge is 2.12. The van der Waals surface area contributed by atoms with Crippen molar-refractivity contribution >= 4 is 11.6 Å². The van der Waals surface area contributed by atoms with E-state index < -0.39 is 0 Å². The molecule has 0 radical (unpaired) electrons. The Labute approximate surface area is 113 Å². The first kappa shape index (κ1) is 12.9. The van der Waals surface area contributed by atoms with Crippen LogP contribution in [0.1, 0.15) is 18.0 Å². The molecule has 2 heteroatoms. The van der Waals surface area contributed by atoms with Gasteiger partial charge in [0, 0.05) is 16.6 Å². The van der Waals surface area contributed by atoms with Gasteiger partial charge in [-0.1, -0.05) is 60.1 Å². The minimum absolute atomic E-state index is 0.0463. The summed E-state index contributed by atoms with van der Waals surface area (Å²) in [4.78, 5) is 0. The second-order valence-electron chi connectivity index (χ2n) is 4.20. The number of nitrogens with two attached hydrogens (primary N) is 1. The average molecular weight is 258 g/mol. The van der Waals surface area contributed by atoms with Crippen LogP contribution in [0.3, 0.4) is 0 Å². The first-order valence-corrected chi connectivity index (χ1v) is 6.32. The Hall–Kier alpha value is -1.57. The van der Waals surface area contributed by atoms with Gasteiger partial charge >= 0.3 is 0 Å². The fraction of sp³-hybridized carbons (Fsp3) is 0.125. The predicted molar refractivity (Wildman–Crippen MR) is 78.6 cm³/mol. The zero-order valence-corrected chi connectivity index (χ0v) is 10.9. The zero-order valence-electron chi connectivity index (χ0n) is 10.1. The fourth-order valence-corrected chi connectivity index (χ4v) is 2.29. The molecule has 0 saturated carbocycles. The summed E-state index contributed by atoms with van der Waals surface area (Å²) >= 11 is 6.25. The van der Waals surface area contributed by atoms with Crippen molar-refractivity contribution in [2.24, 2.45) is 5.73 Å². The highest BCUT2D eigenvalue weighted by Crippen LogP contribution is 2.33. The van der Waals surface area contributed by atoms with Gasteiger partial charge < -0.3 is 5.73 Å². The molecular formula is C16H16ClN. The third-order valence-electron chi connectivity index (χ3n) is 2.94. The first-order chi connectivity index (χ1) is 8.74. The predicted octanol–water partition coefficient (Wildman–Crippen LogP) is 4.58. The van der Waals surface area contributed by atoms with Crippen LogP contribution >= 0.6 is 11.6 Å². The lowest BCUT2D eigenvalue weighted by Gasteiger charge is -2.16. The maximum atomic E-state index is 6.25. The van der Waals surface area contributed by atoms with Crippen molar-refractivity contribution < 1.29 is 0 Å². The van der Waals surface area contributed by atoms with E-state index in [-0.39, 0.29) is 6.04 Å². The van der Waals surface area contributed by atoms with Crippen LogP contribution in [0.25, 0.3) is 11.1 Å². The van der Waals surface area contributed by atoms with Crippen LogP contribution in [0.15, 0.2) is 61.2 Å². The summed E-state index contributed by atoms with van der Waals surface area (Å²) in [7, 11) is 0. The van der Waals surface area contributed by atoms with Gasteiger partial charge in [0.2, 0.25) is 0 Å². The van der Waals surface area contributed by atoms with E-state index in [2.05, 4.69) is 12.6 Å². The van der Waals surface area contributed by atoms with Gasteiger partial charge in [-0.05, 0) is 23.6 Å². The van der Waals surface area contributed by atoms with Crippen LogP contribution in [0.4, 0.5) is 0 Å². The molecule has 0 fully saturated rings. The molecule has 0 heterocycles. The zero-order chi connectivity index (χ0) is 13.0. The normalized spacial score (nSPS) is 12.1. The molecule has 2 aromatic carbocycles. The van der Waals surface area contributed by atoms with E-state index in [1.807, 2.05) is 48.5 Å². The molecule has 0 spiro atoms. The third-order valence-corrected chi connectivity index (χ3v) is 3.27. The molecule has 2 rings (SSSR count). The van der Waals surface area contributed by atoms with E-state index in [0.29, 0.717) is 0 Å². The quantitative estimate of drug-likeness (QED) is 0.797. The molecule has 2 N–H and O–H groups in total. The third kappa shape index (κ3) is 2.63. The van der Waals surface area contributed by atoms with Gasteiger partial charge in [-0.25, -0.2) is 0 Å². The molecule has 1 unspecified atom stereocenters. The van der Waals surface area contributed by atoms with Crippen LogP contribution in [-0.4, -0.2) is 0 Å². The SMILES string of the molecule is C=CCC(N)c1ccccc1-c1ccccc1Cl.